The number of likely N-dealkylation sites (N-methyl/N-ethyl adjacent to an activating group) is 1. The fraction of sp³-hybridized carbons (Fsp3) is 0.310. The molecule has 3 aromatic carbocycles. The lowest BCUT2D eigenvalue weighted by Gasteiger charge is -2.32. The second-order valence-electron chi connectivity index (χ2n) is 9.08. The zero-order valence-corrected chi connectivity index (χ0v) is 24.8. The van der Waals surface area contributed by atoms with E-state index in [9.17, 15) is 18.0 Å². The molecule has 0 radical (unpaired) electrons. The Morgan fingerprint density at radius 2 is 1.70 bits per heavy atom. The highest BCUT2D eigenvalue weighted by Gasteiger charge is 2.34. The van der Waals surface area contributed by atoms with Crippen LogP contribution in [0.4, 0.5) is 5.69 Å². The summed E-state index contributed by atoms with van der Waals surface area (Å²) in [5, 5.41) is 3.20. The van der Waals surface area contributed by atoms with Gasteiger partial charge in [0.2, 0.25) is 11.8 Å². The zero-order chi connectivity index (χ0) is 29.4. The normalized spacial score (nSPS) is 11.8. The molecule has 2 amide bonds. The number of amides is 2. The van der Waals surface area contributed by atoms with E-state index in [1.165, 1.54) is 37.3 Å². The van der Waals surface area contributed by atoms with Gasteiger partial charge >= 0.3 is 0 Å². The van der Waals surface area contributed by atoms with Gasteiger partial charge in [0, 0.05) is 24.2 Å². The molecule has 0 aliphatic carbocycles. The number of methoxy groups -OCH3 is 2. The molecule has 0 bridgehead atoms. The maximum absolute atomic E-state index is 14.0. The minimum Gasteiger partial charge on any atom is -0.497 e. The molecule has 0 aromatic heterocycles. The summed E-state index contributed by atoms with van der Waals surface area (Å²) in [7, 11) is -1.40. The first kappa shape index (κ1) is 30.8. The maximum Gasteiger partial charge on any atom is 0.264 e. The predicted molar refractivity (Wildman–Crippen MR) is 155 cm³/mol. The van der Waals surface area contributed by atoms with Crippen LogP contribution in [0.3, 0.4) is 0 Å². The number of hydrogen-bond acceptors (Lipinski definition) is 6. The van der Waals surface area contributed by atoms with Crippen LogP contribution in [0.1, 0.15) is 25.0 Å². The van der Waals surface area contributed by atoms with Crippen LogP contribution < -0.4 is 19.1 Å². The number of rotatable bonds is 12. The first-order valence-corrected chi connectivity index (χ1v) is 14.5. The van der Waals surface area contributed by atoms with Crippen LogP contribution in [0.2, 0.25) is 5.02 Å². The van der Waals surface area contributed by atoms with Crippen LogP contribution in [0.25, 0.3) is 0 Å². The van der Waals surface area contributed by atoms with E-state index >= 15 is 0 Å². The summed E-state index contributed by atoms with van der Waals surface area (Å²) in [6.45, 7) is 5.02. The topological polar surface area (TPSA) is 105 Å². The molecular weight excluding hydrogens is 554 g/mol. The zero-order valence-electron chi connectivity index (χ0n) is 23.2. The third-order valence-corrected chi connectivity index (χ3v) is 8.31. The Kier molecular flexibility index (Phi) is 10.4. The first-order valence-electron chi connectivity index (χ1n) is 12.6. The Bertz CT molecular complexity index is 1450. The summed E-state index contributed by atoms with van der Waals surface area (Å²) < 4.78 is 39.9. The first-order chi connectivity index (χ1) is 19.0. The molecular formula is C29H34ClN3O6S. The SMILES string of the molecule is CCNC(=O)C(C)N(Cc1cccc(Cl)c1)C(=O)CN(c1cc(OC)ccc1OC)S(=O)(=O)c1ccc(C)cc1. The lowest BCUT2D eigenvalue weighted by Crippen LogP contribution is -2.51. The molecule has 11 heteroatoms. The van der Waals surface area contributed by atoms with Gasteiger partial charge in [0.1, 0.15) is 24.1 Å². The number of benzene rings is 3. The number of aryl methyl sites for hydroxylation is 1. The monoisotopic (exact) mass is 587 g/mol. The van der Waals surface area contributed by atoms with Gasteiger partial charge in [-0.3, -0.25) is 13.9 Å². The summed E-state index contributed by atoms with van der Waals surface area (Å²) in [6.07, 6.45) is 0. The highest BCUT2D eigenvalue weighted by atomic mass is 35.5. The van der Waals surface area contributed by atoms with Crippen molar-refractivity contribution < 1.29 is 27.5 Å². The molecule has 0 aliphatic heterocycles. The van der Waals surface area contributed by atoms with Crippen LogP contribution >= 0.6 is 11.6 Å². The lowest BCUT2D eigenvalue weighted by molar-refractivity contribution is -0.139. The van der Waals surface area contributed by atoms with Crippen molar-refractivity contribution >= 4 is 39.1 Å². The Hall–Kier alpha value is -3.76. The Balaban J connectivity index is 2.12. The van der Waals surface area contributed by atoms with Crippen LogP contribution in [-0.4, -0.2) is 58.5 Å². The van der Waals surface area contributed by atoms with Gasteiger partial charge in [-0.1, -0.05) is 41.4 Å². The highest BCUT2D eigenvalue weighted by Crippen LogP contribution is 2.36. The van der Waals surface area contributed by atoms with Crippen LogP contribution in [0.15, 0.2) is 71.6 Å². The van der Waals surface area contributed by atoms with Gasteiger partial charge in [-0.15, -0.1) is 0 Å². The summed E-state index contributed by atoms with van der Waals surface area (Å²) in [6, 6.07) is 17.0. The van der Waals surface area contributed by atoms with Crippen molar-refractivity contribution in [1.29, 1.82) is 0 Å². The Morgan fingerprint density at radius 1 is 1.00 bits per heavy atom. The molecule has 3 aromatic rings. The van der Waals surface area contributed by atoms with E-state index in [1.807, 2.05) is 6.92 Å². The van der Waals surface area contributed by atoms with E-state index < -0.39 is 28.5 Å². The molecule has 0 saturated heterocycles. The van der Waals surface area contributed by atoms with E-state index in [2.05, 4.69) is 5.32 Å². The second kappa shape index (κ2) is 13.5. The summed E-state index contributed by atoms with van der Waals surface area (Å²) in [5.41, 5.74) is 1.68. The van der Waals surface area contributed by atoms with Gasteiger partial charge in [-0.05, 0) is 62.7 Å². The average Bonchev–Trinajstić information content (AvgIpc) is 2.94. The second-order valence-corrected chi connectivity index (χ2v) is 11.4. The number of nitrogens with zero attached hydrogens (tertiary/aromatic N) is 2. The summed E-state index contributed by atoms with van der Waals surface area (Å²) in [4.78, 5) is 28.2. The maximum atomic E-state index is 14.0. The quantitative estimate of drug-likeness (QED) is 0.336. The molecule has 1 atom stereocenters. The smallest absolute Gasteiger partial charge is 0.264 e. The average molecular weight is 588 g/mol. The lowest BCUT2D eigenvalue weighted by atomic mass is 10.1. The van der Waals surface area contributed by atoms with Crippen molar-refractivity contribution in [2.75, 3.05) is 31.6 Å². The number of anilines is 1. The minimum absolute atomic E-state index is 0.00561. The molecule has 1 unspecified atom stereocenters. The van der Waals surface area contributed by atoms with E-state index in [0.29, 0.717) is 22.9 Å². The van der Waals surface area contributed by atoms with Gasteiger partial charge in [-0.2, -0.15) is 0 Å². The third-order valence-electron chi connectivity index (χ3n) is 6.30. The van der Waals surface area contributed by atoms with E-state index in [0.717, 1.165) is 9.87 Å². The van der Waals surface area contributed by atoms with Crippen molar-refractivity contribution in [3.8, 4) is 11.5 Å². The molecule has 9 nitrogen and oxygen atoms in total. The molecule has 214 valence electrons. The van der Waals surface area contributed by atoms with E-state index in [-0.39, 0.29) is 28.8 Å². The molecule has 40 heavy (non-hydrogen) atoms. The number of halogens is 1. The summed E-state index contributed by atoms with van der Waals surface area (Å²) >= 11 is 6.17. The molecule has 1 N–H and O–H groups in total. The number of ether oxygens (including phenoxy) is 2. The molecule has 0 saturated carbocycles. The van der Waals surface area contributed by atoms with Crippen LogP contribution in [-0.2, 0) is 26.2 Å². The van der Waals surface area contributed by atoms with Gasteiger partial charge in [0.25, 0.3) is 10.0 Å². The molecule has 3 rings (SSSR count). The third kappa shape index (κ3) is 7.25. The number of carbonyl (C=O) groups is 2. The van der Waals surface area contributed by atoms with Gasteiger partial charge in [0.15, 0.2) is 0 Å². The molecule has 0 fully saturated rings. The van der Waals surface area contributed by atoms with Crippen molar-refractivity contribution in [3.05, 3.63) is 82.9 Å². The van der Waals surface area contributed by atoms with Gasteiger partial charge < -0.3 is 19.7 Å². The number of hydrogen-bond donors (Lipinski definition) is 1. The predicted octanol–water partition coefficient (Wildman–Crippen LogP) is 4.41. The van der Waals surface area contributed by atoms with Gasteiger partial charge in [0.05, 0.1) is 24.8 Å². The van der Waals surface area contributed by atoms with Gasteiger partial charge in [-0.25, -0.2) is 8.42 Å². The van der Waals surface area contributed by atoms with Crippen molar-refractivity contribution in [1.82, 2.24) is 10.2 Å². The largest absolute Gasteiger partial charge is 0.497 e. The highest BCUT2D eigenvalue weighted by molar-refractivity contribution is 7.92. The number of nitrogens with one attached hydrogen (secondary N) is 1. The van der Waals surface area contributed by atoms with E-state index in [4.69, 9.17) is 21.1 Å². The molecule has 0 spiro atoms. The van der Waals surface area contributed by atoms with Crippen molar-refractivity contribution in [3.63, 3.8) is 0 Å². The van der Waals surface area contributed by atoms with Crippen molar-refractivity contribution in [2.24, 2.45) is 0 Å². The Labute approximate surface area is 240 Å². The standard InChI is InChI=1S/C29H34ClN3O6S/c1-6-31-29(35)21(3)32(18-22-8-7-9-23(30)16-22)28(34)19-33(26-17-24(38-4)12-15-27(26)39-5)40(36,37)25-13-10-20(2)11-14-25/h7-17,21H,6,18-19H2,1-5H3,(H,31,35). The fourth-order valence-electron chi connectivity index (χ4n) is 4.08. The number of sulfonamides is 1. The van der Waals surface area contributed by atoms with Crippen molar-refractivity contribution in [2.45, 2.75) is 38.3 Å². The summed E-state index contributed by atoms with van der Waals surface area (Å²) in [5.74, 6) is -0.370. The minimum atomic E-state index is -4.26. The Morgan fingerprint density at radius 3 is 2.30 bits per heavy atom. The molecule has 0 aliphatic rings. The number of carbonyl (C=O) groups excluding carboxylic acids is 2. The molecule has 0 heterocycles. The van der Waals surface area contributed by atoms with E-state index in [1.54, 1.807) is 62.4 Å². The van der Waals surface area contributed by atoms with Crippen LogP contribution in [0.5, 0.6) is 11.5 Å². The fourth-order valence-corrected chi connectivity index (χ4v) is 5.71. The van der Waals surface area contributed by atoms with Crippen LogP contribution in [0, 0.1) is 6.92 Å².